The highest BCUT2D eigenvalue weighted by Crippen LogP contribution is 2.33. The third-order valence-corrected chi connectivity index (χ3v) is 5.83. The molecule has 3 nitrogen and oxygen atoms in total. The van der Waals surface area contributed by atoms with E-state index >= 15 is 0 Å². The van der Waals surface area contributed by atoms with Crippen LogP contribution in [0.1, 0.15) is 16.7 Å². The molecule has 1 aliphatic rings. The van der Waals surface area contributed by atoms with Gasteiger partial charge < -0.3 is 9.64 Å². The molecule has 0 saturated heterocycles. The third kappa shape index (κ3) is 4.95. The molecule has 4 aromatic rings. The zero-order chi connectivity index (χ0) is 23.3. The molecule has 1 aliphatic heterocycles. The first-order valence-electron chi connectivity index (χ1n) is 11.0. The lowest BCUT2D eigenvalue weighted by molar-refractivity contribution is -0.123. The highest BCUT2D eigenvalue weighted by Gasteiger charge is 2.29. The van der Waals surface area contributed by atoms with E-state index in [1.807, 2.05) is 126 Å². The monoisotopic (exact) mass is 463 g/mol. The maximum atomic E-state index is 13.4. The first-order chi connectivity index (χ1) is 16.7. The molecule has 1 heterocycles. The number of nitrogens with zero attached hydrogens (tertiary/aromatic N) is 1. The van der Waals surface area contributed by atoms with Crippen molar-refractivity contribution < 1.29 is 9.53 Å². The minimum absolute atomic E-state index is 0.0292. The number of rotatable bonds is 6. The van der Waals surface area contributed by atoms with Crippen molar-refractivity contribution in [3.05, 3.63) is 143 Å². The van der Waals surface area contributed by atoms with Crippen molar-refractivity contribution in [2.24, 2.45) is 0 Å². The van der Waals surface area contributed by atoms with Gasteiger partial charge in [-0.05, 0) is 77.4 Å². The van der Waals surface area contributed by atoms with E-state index in [-0.39, 0.29) is 5.91 Å². The Morgan fingerprint density at radius 2 is 1.35 bits per heavy atom. The lowest BCUT2D eigenvalue weighted by Crippen LogP contribution is -2.25. The van der Waals surface area contributed by atoms with Crippen molar-refractivity contribution in [1.29, 1.82) is 0 Å². The summed E-state index contributed by atoms with van der Waals surface area (Å²) < 4.78 is 5.93. The zero-order valence-electron chi connectivity index (χ0n) is 18.4. The molecule has 0 N–H and O–H groups in total. The fourth-order valence-corrected chi connectivity index (χ4v) is 4.00. The Kier molecular flexibility index (Phi) is 6.28. The third-order valence-electron chi connectivity index (χ3n) is 5.58. The van der Waals surface area contributed by atoms with Crippen molar-refractivity contribution in [3.8, 4) is 11.5 Å². The van der Waals surface area contributed by atoms with E-state index in [9.17, 15) is 4.79 Å². The van der Waals surface area contributed by atoms with E-state index in [1.54, 1.807) is 0 Å². The van der Waals surface area contributed by atoms with Gasteiger partial charge in [-0.25, -0.2) is 0 Å². The second kappa shape index (κ2) is 9.82. The lowest BCUT2D eigenvalue weighted by atomic mass is 10.1. The minimum atomic E-state index is -0.0292. The highest BCUT2D eigenvalue weighted by molar-refractivity contribution is 6.30. The Labute approximate surface area is 204 Å². The van der Waals surface area contributed by atoms with E-state index in [0.717, 1.165) is 33.9 Å². The zero-order valence-corrected chi connectivity index (χ0v) is 19.2. The van der Waals surface area contributed by atoms with Crippen molar-refractivity contribution in [3.63, 3.8) is 0 Å². The second-order valence-corrected chi connectivity index (χ2v) is 8.43. The summed E-state index contributed by atoms with van der Waals surface area (Å²) in [5.74, 6) is 1.49. The van der Waals surface area contributed by atoms with Gasteiger partial charge in [0.25, 0.3) is 5.91 Å². The Balaban J connectivity index is 1.46. The van der Waals surface area contributed by atoms with Gasteiger partial charge in [0.15, 0.2) is 0 Å². The van der Waals surface area contributed by atoms with Crippen LogP contribution in [0.3, 0.4) is 0 Å². The Morgan fingerprint density at radius 3 is 2.03 bits per heavy atom. The number of halogens is 1. The Morgan fingerprint density at radius 1 is 0.735 bits per heavy atom. The van der Waals surface area contributed by atoms with Gasteiger partial charge in [-0.15, -0.1) is 0 Å². The average molecular weight is 464 g/mol. The number of carbonyl (C=O) groups is 1. The summed E-state index contributed by atoms with van der Waals surface area (Å²) in [7, 11) is 0. The smallest absolute Gasteiger partial charge is 0.258 e. The maximum Gasteiger partial charge on any atom is 0.258 e. The molecule has 4 heteroatoms. The van der Waals surface area contributed by atoms with Crippen LogP contribution in [-0.4, -0.2) is 10.8 Å². The molecule has 0 spiro atoms. The normalized spacial score (nSPS) is 14.4. The van der Waals surface area contributed by atoms with Crippen LogP contribution in [0, 0.1) is 0 Å². The summed E-state index contributed by atoms with van der Waals surface area (Å²) in [5, 5.41) is 0.666. The number of benzene rings is 4. The molecule has 0 aromatic heterocycles. The van der Waals surface area contributed by atoms with Crippen molar-refractivity contribution in [1.82, 2.24) is 4.90 Å². The predicted octanol–water partition coefficient (Wildman–Crippen LogP) is 7.60. The Bertz CT molecular complexity index is 1340. The molecule has 0 radical (unpaired) electrons. The first-order valence-corrected chi connectivity index (χ1v) is 11.4. The van der Waals surface area contributed by atoms with Gasteiger partial charge in [-0.2, -0.15) is 0 Å². The number of carbonyl (C=O) groups excluding carboxylic acids is 1. The summed E-state index contributed by atoms with van der Waals surface area (Å²) in [5.41, 5.74) is 4.44. The van der Waals surface area contributed by atoms with E-state index in [1.165, 1.54) is 0 Å². The van der Waals surface area contributed by atoms with Crippen molar-refractivity contribution in [2.75, 3.05) is 0 Å². The summed E-state index contributed by atoms with van der Waals surface area (Å²) in [6.07, 6.45) is 3.85. The van der Waals surface area contributed by atoms with Gasteiger partial charge in [0.2, 0.25) is 0 Å². The molecular weight excluding hydrogens is 442 g/mol. The predicted molar refractivity (Wildman–Crippen MR) is 137 cm³/mol. The molecular formula is C30H22ClNO2. The fourth-order valence-electron chi connectivity index (χ4n) is 3.87. The lowest BCUT2D eigenvalue weighted by Gasteiger charge is -2.21. The summed E-state index contributed by atoms with van der Waals surface area (Å²) in [6.45, 7) is 0.492. The molecule has 0 atom stereocenters. The quantitative estimate of drug-likeness (QED) is 0.275. The number of hydrogen-bond acceptors (Lipinski definition) is 2. The molecule has 0 fully saturated rings. The van der Waals surface area contributed by atoms with Crippen LogP contribution in [0.15, 0.2) is 121 Å². The van der Waals surface area contributed by atoms with E-state index in [2.05, 4.69) is 0 Å². The molecule has 1 amide bonds. The van der Waals surface area contributed by atoms with Crippen LogP contribution in [0.5, 0.6) is 11.5 Å². The molecule has 34 heavy (non-hydrogen) atoms. The Hall–Kier alpha value is -4.08. The topological polar surface area (TPSA) is 29.5 Å². The van der Waals surface area contributed by atoms with Gasteiger partial charge >= 0.3 is 0 Å². The van der Waals surface area contributed by atoms with Crippen LogP contribution in [0.4, 0.5) is 0 Å². The number of para-hydroxylation sites is 1. The van der Waals surface area contributed by atoms with Gasteiger partial charge in [0.05, 0.1) is 12.2 Å². The average Bonchev–Trinajstić information content (AvgIpc) is 3.17. The molecule has 0 bridgehead atoms. The summed E-state index contributed by atoms with van der Waals surface area (Å²) in [4.78, 5) is 15.3. The van der Waals surface area contributed by atoms with Gasteiger partial charge in [-0.1, -0.05) is 72.3 Å². The highest BCUT2D eigenvalue weighted by atomic mass is 35.5. The van der Waals surface area contributed by atoms with Crippen LogP contribution in [-0.2, 0) is 11.3 Å². The SMILES string of the molecule is O=C1/C(=C/c2ccc(Cl)cc2)C=C(c2ccc(Oc3ccccc3)cc2)N1Cc1ccccc1. The molecule has 0 unspecified atom stereocenters. The summed E-state index contributed by atoms with van der Waals surface area (Å²) in [6, 6.07) is 35.0. The van der Waals surface area contributed by atoms with Gasteiger partial charge in [0.1, 0.15) is 11.5 Å². The molecule has 166 valence electrons. The molecule has 5 rings (SSSR count). The van der Waals surface area contributed by atoms with E-state index in [0.29, 0.717) is 17.1 Å². The summed E-state index contributed by atoms with van der Waals surface area (Å²) >= 11 is 6.02. The van der Waals surface area contributed by atoms with Crippen LogP contribution >= 0.6 is 11.6 Å². The minimum Gasteiger partial charge on any atom is -0.457 e. The number of hydrogen-bond donors (Lipinski definition) is 0. The molecule has 4 aromatic carbocycles. The number of ether oxygens (including phenoxy) is 1. The molecule has 0 saturated carbocycles. The fraction of sp³-hybridized carbons (Fsp3) is 0.0333. The van der Waals surface area contributed by atoms with Crippen LogP contribution in [0.25, 0.3) is 11.8 Å². The number of amides is 1. The van der Waals surface area contributed by atoms with Crippen LogP contribution < -0.4 is 4.74 Å². The van der Waals surface area contributed by atoms with E-state index in [4.69, 9.17) is 16.3 Å². The van der Waals surface area contributed by atoms with Crippen molar-refractivity contribution >= 4 is 29.3 Å². The molecule has 0 aliphatic carbocycles. The largest absolute Gasteiger partial charge is 0.457 e. The van der Waals surface area contributed by atoms with Gasteiger partial charge in [-0.3, -0.25) is 4.79 Å². The first kappa shape index (κ1) is 21.7. The van der Waals surface area contributed by atoms with E-state index < -0.39 is 0 Å². The standard InChI is InChI=1S/C30H22ClNO2/c31-26-15-11-22(12-16-26)19-25-20-29(32(30(25)33)21-23-7-3-1-4-8-23)24-13-17-28(18-14-24)34-27-9-5-2-6-10-27/h1-20H,21H2/b25-19+. The second-order valence-electron chi connectivity index (χ2n) is 8.00. The van der Waals surface area contributed by atoms with Gasteiger partial charge in [0, 0.05) is 10.6 Å². The van der Waals surface area contributed by atoms with Crippen molar-refractivity contribution in [2.45, 2.75) is 6.54 Å². The van der Waals surface area contributed by atoms with Crippen LogP contribution in [0.2, 0.25) is 5.02 Å². The maximum absolute atomic E-state index is 13.4.